The van der Waals surface area contributed by atoms with Crippen LogP contribution in [0.25, 0.3) is 10.9 Å². The average Bonchev–Trinajstić information content (AvgIpc) is 3.21. The number of benzene rings is 1. The van der Waals surface area contributed by atoms with Gasteiger partial charge in [0.2, 0.25) is 5.91 Å². The molecule has 4 rings (SSSR count). The summed E-state index contributed by atoms with van der Waals surface area (Å²) in [6.07, 6.45) is 5.06. The van der Waals surface area contributed by atoms with E-state index in [0.29, 0.717) is 49.2 Å². The number of hydrogen-bond donors (Lipinski definition) is 1. The summed E-state index contributed by atoms with van der Waals surface area (Å²) < 4.78 is 18.4. The third kappa shape index (κ3) is 4.13. The second-order valence-electron chi connectivity index (χ2n) is 9.77. The molecule has 0 spiro atoms. The Morgan fingerprint density at radius 2 is 1.85 bits per heavy atom. The number of ether oxygens (including phenoxy) is 3. The van der Waals surface area contributed by atoms with E-state index in [1.54, 1.807) is 26.2 Å². The fraction of sp³-hybridized carbons (Fsp3) is 0.615. The summed E-state index contributed by atoms with van der Waals surface area (Å²) in [5.41, 5.74) is 0.257. The molecule has 1 saturated carbocycles. The SMILES string of the molecule is COCCCN1C(=O)c2cc3c(OC)ccc(OC)c3n2C[C@]1(C)C(=O)N[C@@H]1CCCC[C@H]1C. The van der Waals surface area contributed by atoms with Gasteiger partial charge in [-0.1, -0.05) is 19.8 Å². The zero-order chi connectivity index (χ0) is 24.5. The molecule has 0 saturated heterocycles. The summed E-state index contributed by atoms with van der Waals surface area (Å²) in [6, 6.07) is 5.66. The highest BCUT2D eigenvalue weighted by Gasteiger charge is 2.48. The van der Waals surface area contributed by atoms with Crippen molar-refractivity contribution in [3.05, 3.63) is 23.9 Å². The first kappa shape index (κ1) is 24.4. The lowest BCUT2D eigenvalue weighted by molar-refractivity contribution is -0.134. The predicted octanol–water partition coefficient (Wildman–Crippen LogP) is 3.60. The van der Waals surface area contributed by atoms with Crippen LogP contribution in [0.4, 0.5) is 0 Å². The minimum Gasteiger partial charge on any atom is -0.496 e. The van der Waals surface area contributed by atoms with Crippen molar-refractivity contribution in [1.82, 2.24) is 14.8 Å². The van der Waals surface area contributed by atoms with Gasteiger partial charge in [-0.3, -0.25) is 9.59 Å². The van der Waals surface area contributed by atoms with E-state index < -0.39 is 5.54 Å². The van der Waals surface area contributed by atoms with Crippen LogP contribution >= 0.6 is 0 Å². The molecule has 3 atom stereocenters. The number of rotatable bonds is 8. The van der Waals surface area contributed by atoms with Gasteiger partial charge < -0.3 is 29.0 Å². The van der Waals surface area contributed by atoms with Crippen molar-refractivity contribution in [3.63, 3.8) is 0 Å². The molecule has 1 fully saturated rings. The fourth-order valence-electron chi connectivity index (χ4n) is 5.53. The van der Waals surface area contributed by atoms with Gasteiger partial charge in [0.15, 0.2) is 0 Å². The first-order chi connectivity index (χ1) is 16.3. The topological polar surface area (TPSA) is 82.0 Å². The van der Waals surface area contributed by atoms with Gasteiger partial charge in [0.05, 0.1) is 26.3 Å². The molecule has 2 amide bonds. The number of carbonyl (C=O) groups excluding carboxylic acids is 2. The van der Waals surface area contributed by atoms with Crippen LogP contribution in [-0.4, -0.2) is 67.3 Å². The quantitative estimate of drug-likeness (QED) is 0.595. The largest absolute Gasteiger partial charge is 0.496 e. The maximum atomic E-state index is 13.9. The molecule has 1 aromatic heterocycles. The Labute approximate surface area is 201 Å². The normalized spacial score (nSPS) is 24.7. The number of carbonyl (C=O) groups is 2. The van der Waals surface area contributed by atoms with Crippen LogP contribution in [-0.2, 0) is 16.1 Å². The molecule has 0 radical (unpaired) electrons. The van der Waals surface area contributed by atoms with Gasteiger partial charge in [0.25, 0.3) is 5.91 Å². The van der Waals surface area contributed by atoms with Gasteiger partial charge in [0.1, 0.15) is 22.7 Å². The molecular weight excluding hydrogens is 434 g/mol. The first-order valence-electron chi connectivity index (χ1n) is 12.2. The molecule has 2 heterocycles. The fourth-order valence-corrected chi connectivity index (χ4v) is 5.53. The molecule has 8 nitrogen and oxygen atoms in total. The lowest BCUT2D eigenvalue weighted by Gasteiger charge is -2.45. The Morgan fingerprint density at radius 3 is 2.53 bits per heavy atom. The molecule has 1 N–H and O–H groups in total. The van der Waals surface area contributed by atoms with Crippen LogP contribution in [0.15, 0.2) is 18.2 Å². The van der Waals surface area contributed by atoms with Crippen LogP contribution in [0.2, 0.25) is 0 Å². The number of nitrogens with zero attached hydrogens (tertiary/aromatic N) is 2. The second kappa shape index (κ2) is 9.86. The third-order valence-electron chi connectivity index (χ3n) is 7.59. The summed E-state index contributed by atoms with van der Waals surface area (Å²) >= 11 is 0. The van der Waals surface area contributed by atoms with E-state index in [2.05, 4.69) is 12.2 Å². The van der Waals surface area contributed by atoms with Crippen molar-refractivity contribution in [1.29, 1.82) is 0 Å². The van der Waals surface area contributed by atoms with E-state index >= 15 is 0 Å². The molecule has 2 aliphatic rings. The van der Waals surface area contributed by atoms with Gasteiger partial charge in [-0.05, 0) is 50.3 Å². The summed E-state index contributed by atoms with van der Waals surface area (Å²) in [4.78, 5) is 29.4. The Kier molecular flexibility index (Phi) is 7.07. The second-order valence-corrected chi connectivity index (χ2v) is 9.77. The zero-order valence-electron chi connectivity index (χ0n) is 21.0. The van der Waals surface area contributed by atoms with Crippen molar-refractivity contribution in [2.24, 2.45) is 5.92 Å². The summed E-state index contributed by atoms with van der Waals surface area (Å²) in [7, 11) is 4.86. The number of methoxy groups -OCH3 is 3. The van der Waals surface area contributed by atoms with E-state index in [1.165, 1.54) is 6.42 Å². The Hall–Kier alpha value is -2.74. The minimum atomic E-state index is -1.05. The highest BCUT2D eigenvalue weighted by atomic mass is 16.5. The molecule has 1 aliphatic heterocycles. The highest BCUT2D eigenvalue weighted by molar-refractivity contribution is 6.05. The van der Waals surface area contributed by atoms with E-state index in [1.807, 2.05) is 29.7 Å². The number of fused-ring (bicyclic) bond motifs is 3. The smallest absolute Gasteiger partial charge is 0.271 e. The minimum absolute atomic E-state index is 0.105. The monoisotopic (exact) mass is 471 g/mol. The molecule has 2 aromatic rings. The van der Waals surface area contributed by atoms with E-state index in [4.69, 9.17) is 14.2 Å². The van der Waals surface area contributed by atoms with E-state index in [-0.39, 0.29) is 17.9 Å². The highest BCUT2D eigenvalue weighted by Crippen LogP contribution is 2.40. The number of nitrogens with one attached hydrogen (secondary N) is 1. The summed E-state index contributed by atoms with van der Waals surface area (Å²) in [5, 5.41) is 4.11. The Balaban J connectivity index is 1.78. The molecular formula is C26H37N3O5. The zero-order valence-corrected chi connectivity index (χ0v) is 21.0. The Morgan fingerprint density at radius 1 is 1.15 bits per heavy atom. The van der Waals surface area contributed by atoms with Gasteiger partial charge in [-0.15, -0.1) is 0 Å². The van der Waals surface area contributed by atoms with Crippen molar-refractivity contribution in [3.8, 4) is 11.5 Å². The molecule has 8 heteroatoms. The van der Waals surface area contributed by atoms with Crippen molar-refractivity contribution >= 4 is 22.7 Å². The van der Waals surface area contributed by atoms with Gasteiger partial charge >= 0.3 is 0 Å². The van der Waals surface area contributed by atoms with Gasteiger partial charge in [-0.25, -0.2) is 0 Å². The van der Waals surface area contributed by atoms with Crippen molar-refractivity contribution < 1.29 is 23.8 Å². The van der Waals surface area contributed by atoms with E-state index in [0.717, 1.165) is 30.2 Å². The van der Waals surface area contributed by atoms with Gasteiger partial charge in [-0.2, -0.15) is 0 Å². The molecule has 186 valence electrons. The lowest BCUT2D eigenvalue weighted by Crippen LogP contribution is -2.65. The molecule has 0 bridgehead atoms. The van der Waals surface area contributed by atoms with Crippen molar-refractivity contribution in [2.45, 2.75) is 64.1 Å². The average molecular weight is 472 g/mol. The predicted molar refractivity (Wildman–Crippen MR) is 131 cm³/mol. The number of amides is 2. The van der Waals surface area contributed by atoms with Crippen LogP contribution in [0.3, 0.4) is 0 Å². The van der Waals surface area contributed by atoms with E-state index in [9.17, 15) is 9.59 Å². The molecule has 34 heavy (non-hydrogen) atoms. The van der Waals surface area contributed by atoms with Gasteiger partial charge in [0, 0.05) is 31.7 Å². The number of aromatic nitrogens is 1. The lowest BCUT2D eigenvalue weighted by atomic mass is 9.85. The third-order valence-corrected chi connectivity index (χ3v) is 7.59. The van der Waals surface area contributed by atoms with Crippen molar-refractivity contribution in [2.75, 3.05) is 34.5 Å². The van der Waals surface area contributed by atoms with Crippen LogP contribution in [0.5, 0.6) is 11.5 Å². The molecule has 0 unspecified atom stereocenters. The summed E-state index contributed by atoms with van der Waals surface area (Å²) in [5.74, 6) is 1.46. The maximum Gasteiger partial charge on any atom is 0.271 e. The molecule has 1 aromatic carbocycles. The summed E-state index contributed by atoms with van der Waals surface area (Å²) in [6.45, 7) is 5.37. The first-order valence-corrected chi connectivity index (χ1v) is 12.2. The van der Waals surface area contributed by atoms with Crippen LogP contribution < -0.4 is 14.8 Å². The number of hydrogen-bond acceptors (Lipinski definition) is 5. The Bertz CT molecular complexity index is 1060. The standard InChI is InChI=1S/C26H37N3O5/c1-17-9-6-7-10-19(17)27-25(31)26(2)16-28-20(24(30)29(26)13-8-14-32-3)15-18-21(33-4)11-12-22(34-5)23(18)28/h11-12,15,17,19H,6-10,13-14,16H2,1-5H3,(H,27,31)/t17-,19-,26-/m1/s1. The van der Waals surface area contributed by atoms with Crippen LogP contribution in [0, 0.1) is 5.92 Å². The molecule has 1 aliphatic carbocycles. The maximum absolute atomic E-state index is 13.9. The van der Waals surface area contributed by atoms with Crippen LogP contribution in [0.1, 0.15) is 56.4 Å².